The summed E-state index contributed by atoms with van der Waals surface area (Å²) in [6.45, 7) is 2.11. The van der Waals surface area contributed by atoms with E-state index in [0.717, 1.165) is 11.0 Å². The van der Waals surface area contributed by atoms with Crippen molar-refractivity contribution in [3.63, 3.8) is 0 Å². The van der Waals surface area contributed by atoms with Crippen LogP contribution in [0.4, 0.5) is 0 Å². The normalized spacial score (nSPS) is 12.0. The molecule has 62 valence electrons. The highest BCUT2D eigenvalue weighted by molar-refractivity contribution is 4.40. The van der Waals surface area contributed by atoms with E-state index in [4.69, 9.17) is 5.73 Å². The zero-order chi connectivity index (χ0) is 8.04. The van der Waals surface area contributed by atoms with Gasteiger partial charge in [0.2, 0.25) is 0 Å². The minimum atomic E-state index is 0.844. The maximum Gasteiger partial charge on any atom is 0.0780 e. The van der Waals surface area contributed by atoms with E-state index >= 15 is 0 Å². The van der Waals surface area contributed by atoms with E-state index in [9.17, 15) is 0 Å². The molecule has 0 aliphatic heterocycles. The van der Waals surface area contributed by atoms with Gasteiger partial charge >= 0.3 is 0 Å². The molecule has 0 heterocycles. The summed E-state index contributed by atoms with van der Waals surface area (Å²) in [5.41, 5.74) is 5.37. The Labute approximate surface area is 64.6 Å². The Bertz CT molecular complexity index is 73.8. The van der Waals surface area contributed by atoms with Gasteiger partial charge in [0.05, 0.1) is 27.7 Å². The molecular weight excluding hydrogens is 124 g/mol. The van der Waals surface area contributed by atoms with Gasteiger partial charge in [-0.3, -0.25) is 0 Å². The molecule has 0 aliphatic carbocycles. The third kappa shape index (κ3) is 7.92. The number of rotatable bonds is 5. The Balaban J connectivity index is 3.04. The molecule has 0 aliphatic rings. The Morgan fingerprint density at radius 3 is 2.00 bits per heavy atom. The van der Waals surface area contributed by atoms with Crippen LogP contribution in [0.25, 0.3) is 0 Å². The molecule has 0 aromatic rings. The first-order chi connectivity index (χ1) is 4.56. The summed E-state index contributed by atoms with van der Waals surface area (Å²) in [5.74, 6) is 0. The largest absolute Gasteiger partial charge is 0.331 e. The van der Waals surface area contributed by atoms with Gasteiger partial charge in [0.15, 0.2) is 0 Å². The molecule has 2 heteroatoms. The van der Waals surface area contributed by atoms with Crippen molar-refractivity contribution in [3.05, 3.63) is 0 Å². The SMILES string of the molecule is C[N+](C)(C)CCCCCN. The smallest absolute Gasteiger partial charge is 0.0780 e. The monoisotopic (exact) mass is 145 g/mol. The van der Waals surface area contributed by atoms with Crippen LogP contribution in [0, 0.1) is 0 Å². The van der Waals surface area contributed by atoms with Crippen molar-refractivity contribution in [3.8, 4) is 0 Å². The van der Waals surface area contributed by atoms with Crippen LogP contribution < -0.4 is 5.73 Å². The maximum absolute atomic E-state index is 5.37. The van der Waals surface area contributed by atoms with Crippen LogP contribution in [0.15, 0.2) is 0 Å². The van der Waals surface area contributed by atoms with Gasteiger partial charge in [-0.05, 0) is 25.8 Å². The van der Waals surface area contributed by atoms with Crippen LogP contribution in [0.1, 0.15) is 19.3 Å². The maximum atomic E-state index is 5.37. The minimum Gasteiger partial charge on any atom is -0.331 e. The molecule has 0 atom stereocenters. The summed E-state index contributed by atoms with van der Waals surface area (Å²) in [4.78, 5) is 0. The van der Waals surface area contributed by atoms with Gasteiger partial charge in [0.25, 0.3) is 0 Å². The van der Waals surface area contributed by atoms with E-state index < -0.39 is 0 Å². The van der Waals surface area contributed by atoms with Crippen LogP contribution in [-0.2, 0) is 0 Å². The van der Waals surface area contributed by atoms with Crippen molar-refractivity contribution in [1.82, 2.24) is 0 Å². The van der Waals surface area contributed by atoms with Gasteiger partial charge < -0.3 is 10.2 Å². The molecule has 0 aromatic carbocycles. The van der Waals surface area contributed by atoms with Crippen molar-refractivity contribution in [2.24, 2.45) is 5.73 Å². The molecule has 0 unspecified atom stereocenters. The van der Waals surface area contributed by atoms with E-state index in [2.05, 4.69) is 21.1 Å². The molecular formula is C8H21N2+. The van der Waals surface area contributed by atoms with Crippen molar-refractivity contribution >= 4 is 0 Å². The summed E-state index contributed by atoms with van der Waals surface area (Å²) in [7, 11) is 6.67. The Morgan fingerprint density at radius 2 is 1.60 bits per heavy atom. The fourth-order valence-electron chi connectivity index (χ4n) is 0.907. The molecule has 0 radical (unpaired) electrons. The first kappa shape index (κ1) is 9.92. The van der Waals surface area contributed by atoms with Gasteiger partial charge in [-0.2, -0.15) is 0 Å². The lowest BCUT2D eigenvalue weighted by Gasteiger charge is -2.23. The first-order valence-corrected chi connectivity index (χ1v) is 4.07. The average molecular weight is 145 g/mol. The lowest BCUT2D eigenvalue weighted by Crippen LogP contribution is -2.35. The van der Waals surface area contributed by atoms with Crippen molar-refractivity contribution in [1.29, 1.82) is 0 Å². The number of hydrogen-bond donors (Lipinski definition) is 1. The van der Waals surface area contributed by atoms with Crippen LogP contribution >= 0.6 is 0 Å². The van der Waals surface area contributed by atoms with Gasteiger partial charge in [-0.1, -0.05) is 0 Å². The summed E-state index contributed by atoms with van der Waals surface area (Å²) >= 11 is 0. The van der Waals surface area contributed by atoms with Crippen LogP contribution in [0.5, 0.6) is 0 Å². The molecule has 2 nitrogen and oxygen atoms in total. The second kappa shape index (κ2) is 4.69. The second-order valence-electron chi connectivity index (χ2n) is 3.86. The van der Waals surface area contributed by atoms with Gasteiger partial charge in [-0.15, -0.1) is 0 Å². The van der Waals surface area contributed by atoms with Crippen molar-refractivity contribution < 1.29 is 4.48 Å². The van der Waals surface area contributed by atoms with Crippen LogP contribution in [0.2, 0.25) is 0 Å². The molecule has 0 aromatic heterocycles. The lowest BCUT2D eigenvalue weighted by atomic mass is 10.2. The van der Waals surface area contributed by atoms with Crippen LogP contribution in [-0.4, -0.2) is 38.7 Å². The number of quaternary nitrogens is 1. The highest BCUT2D eigenvalue weighted by atomic mass is 15.3. The molecule has 0 saturated heterocycles. The van der Waals surface area contributed by atoms with E-state index in [1.807, 2.05) is 0 Å². The summed E-state index contributed by atoms with van der Waals surface area (Å²) in [5, 5.41) is 0. The second-order valence-corrected chi connectivity index (χ2v) is 3.86. The summed E-state index contributed by atoms with van der Waals surface area (Å²) in [6.07, 6.45) is 3.77. The third-order valence-electron chi connectivity index (χ3n) is 1.53. The Morgan fingerprint density at radius 1 is 1.00 bits per heavy atom. The molecule has 0 amide bonds. The number of hydrogen-bond acceptors (Lipinski definition) is 1. The number of unbranched alkanes of at least 4 members (excludes halogenated alkanes) is 2. The molecule has 0 fully saturated rings. The Hall–Kier alpha value is -0.0800. The zero-order valence-corrected chi connectivity index (χ0v) is 7.56. The standard InChI is InChI=1S/C8H21N2/c1-10(2,3)8-6-4-5-7-9/h4-9H2,1-3H3/q+1. The van der Waals surface area contributed by atoms with Gasteiger partial charge in [0, 0.05) is 0 Å². The molecule has 2 N–H and O–H groups in total. The summed E-state index contributed by atoms with van der Waals surface area (Å²) < 4.78 is 1.07. The topological polar surface area (TPSA) is 26.0 Å². The predicted octanol–water partition coefficient (Wildman–Crippen LogP) is 0.822. The fourth-order valence-corrected chi connectivity index (χ4v) is 0.907. The molecule has 0 saturated carbocycles. The molecule has 0 bridgehead atoms. The van der Waals surface area contributed by atoms with Gasteiger partial charge in [-0.25, -0.2) is 0 Å². The predicted molar refractivity (Wildman–Crippen MR) is 45.8 cm³/mol. The fraction of sp³-hybridized carbons (Fsp3) is 1.00. The highest BCUT2D eigenvalue weighted by Crippen LogP contribution is 1.98. The first-order valence-electron chi connectivity index (χ1n) is 4.07. The minimum absolute atomic E-state index is 0.844. The quantitative estimate of drug-likeness (QED) is 0.450. The van der Waals surface area contributed by atoms with Crippen molar-refractivity contribution in [2.45, 2.75) is 19.3 Å². The van der Waals surface area contributed by atoms with E-state index in [0.29, 0.717) is 0 Å². The highest BCUT2D eigenvalue weighted by Gasteiger charge is 2.04. The zero-order valence-electron chi connectivity index (χ0n) is 7.56. The third-order valence-corrected chi connectivity index (χ3v) is 1.53. The number of nitrogens with two attached hydrogens (primary N) is 1. The van der Waals surface area contributed by atoms with Crippen molar-refractivity contribution in [2.75, 3.05) is 34.2 Å². The molecule has 10 heavy (non-hydrogen) atoms. The Kier molecular flexibility index (Phi) is 4.65. The number of nitrogens with zero attached hydrogens (tertiary/aromatic N) is 1. The van der Waals surface area contributed by atoms with E-state index in [1.165, 1.54) is 25.8 Å². The van der Waals surface area contributed by atoms with Crippen LogP contribution in [0.3, 0.4) is 0 Å². The van der Waals surface area contributed by atoms with Gasteiger partial charge in [0.1, 0.15) is 0 Å². The average Bonchev–Trinajstić information content (AvgIpc) is 1.78. The molecule has 0 spiro atoms. The summed E-state index contributed by atoms with van der Waals surface area (Å²) in [6, 6.07) is 0. The van der Waals surface area contributed by atoms with E-state index in [-0.39, 0.29) is 0 Å². The lowest BCUT2D eigenvalue weighted by molar-refractivity contribution is -0.870. The van der Waals surface area contributed by atoms with E-state index in [1.54, 1.807) is 0 Å². The molecule has 0 rings (SSSR count).